The Bertz CT molecular complexity index is 948. The van der Waals surface area contributed by atoms with Gasteiger partial charge in [0.1, 0.15) is 0 Å². The van der Waals surface area contributed by atoms with Crippen LogP contribution in [-0.2, 0) is 11.3 Å². The predicted octanol–water partition coefficient (Wildman–Crippen LogP) is 0.519. The van der Waals surface area contributed by atoms with Gasteiger partial charge in [-0.2, -0.15) is 0 Å². The van der Waals surface area contributed by atoms with Crippen LogP contribution in [0.4, 0.5) is 5.13 Å². The zero-order valence-electron chi connectivity index (χ0n) is 18.6. The number of unbranched alkanes of at least 4 members (excludes halogenated alkanes) is 1. The summed E-state index contributed by atoms with van der Waals surface area (Å²) in [6, 6.07) is 8.65. The van der Waals surface area contributed by atoms with Crippen LogP contribution in [-0.4, -0.2) is 69.0 Å². The van der Waals surface area contributed by atoms with Crippen molar-refractivity contribution in [3.63, 3.8) is 0 Å². The van der Waals surface area contributed by atoms with Gasteiger partial charge in [0.05, 0.1) is 28.9 Å². The highest BCUT2D eigenvalue weighted by molar-refractivity contribution is 7.22. The molecule has 2 aromatic heterocycles. The lowest BCUT2D eigenvalue weighted by atomic mass is 10.1. The molecule has 4 heterocycles. The average molecular weight is 477 g/mol. The Morgan fingerprint density at radius 3 is 2.78 bits per heavy atom. The van der Waals surface area contributed by atoms with Gasteiger partial charge in [-0.3, -0.25) is 4.90 Å². The largest absolute Gasteiger partial charge is 1.00 e. The van der Waals surface area contributed by atoms with Gasteiger partial charge in [-0.05, 0) is 41.8 Å². The van der Waals surface area contributed by atoms with E-state index in [-0.39, 0.29) is 24.6 Å². The normalized spacial score (nSPS) is 20.5. The molecular weight excluding hydrogens is 446 g/mol. The van der Waals surface area contributed by atoms with E-state index in [0.29, 0.717) is 0 Å². The van der Waals surface area contributed by atoms with Crippen molar-refractivity contribution < 1.29 is 17.1 Å². The van der Waals surface area contributed by atoms with Crippen molar-refractivity contribution in [2.24, 2.45) is 0 Å². The number of para-hydroxylation sites is 1. The van der Waals surface area contributed by atoms with Gasteiger partial charge in [0.15, 0.2) is 11.0 Å². The van der Waals surface area contributed by atoms with Gasteiger partial charge in [-0.1, -0.05) is 43.2 Å². The van der Waals surface area contributed by atoms with Crippen molar-refractivity contribution in [1.82, 2.24) is 30.1 Å². The van der Waals surface area contributed by atoms with Crippen molar-refractivity contribution in [2.45, 2.75) is 57.7 Å². The smallest absolute Gasteiger partial charge is 0.186 e. The minimum absolute atomic E-state index is 0. The van der Waals surface area contributed by atoms with Crippen molar-refractivity contribution in [3.8, 4) is 0 Å². The fourth-order valence-corrected chi connectivity index (χ4v) is 5.67. The van der Waals surface area contributed by atoms with Crippen LogP contribution in [0.5, 0.6) is 0 Å². The number of thiazole rings is 1. The number of benzene rings is 1. The van der Waals surface area contributed by atoms with Gasteiger partial charge in [0.2, 0.25) is 0 Å². The number of nitrogens with zero attached hydrogens (tertiary/aromatic N) is 7. The predicted molar refractivity (Wildman–Crippen MR) is 122 cm³/mol. The number of halogens is 1. The molecule has 2 aliphatic heterocycles. The summed E-state index contributed by atoms with van der Waals surface area (Å²) in [4.78, 5) is 9.84. The van der Waals surface area contributed by atoms with E-state index in [1.54, 1.807) is 11.3 Å². The molecule has 2 fully saturated rings. The molecule has 0 saturated carbocycles. The number of ether oxygens (including phenoxy) is 1. The van der Waals surface area contributed by atoms with E-state index < -0.39 is 0 Å². The molecule has 1 aromatic carbocycles. The lowest BCUT2D eigenvalue weighted by Gasteiger charge is -2.38. The summed E-state index contributed by atoms with van der Waals surface area (Å²) in [6.07, 6.45) is 5.91. The lowest BCUT2D eigenvalue weighted by Crippen LogP contribution is -3.00. The minimum Gasteiger partial charge on any atom is -1.00 e. The molecule has 2 atom stereocenters. The van der Waals surface area contributed by atoms with Crippen LogP contribution in [0.15, 0.2) is 24.3 Å². The average Bonchev–Trinajstić information content (AvgIpc) is 3.56. The Kier molecular flexibility index (Phi) is 7.93. The Morgan fingerprint density at radius 2 is 2.03 bits per heavy atom. The molecule has 174 valence electrons. The highest BCUT2D eigenvalue weighted by atomic mass is 35.5. The number of tetrazole rings is 1. The molecule has 5 rings (SSSR count). The number of hydrogen-bond acceptors (Lipinski definition) is 8. The van der Waals surface area contributed by atoms with E-state index in [0.717, 1.165) is 75.1 Å². The van der Waals surface area contributed by atoms with Crippen LogP contribution in [0, 0.1) is 0 Å². The molecular formula is C22H31ClN7OS-. The van der Waals surface area contributed by atoms with Gasteiger partial charge in [0, 0.05) is 32.8 Å². The summed E-state index contributed by atoms with van der Waals surface area (Å²) >= 11 is 1.79. The molecule has 3 aromatic rings. The molecule has 8 nitrogen and oxygen atoms in total. The minimum atomic E-state index is 0. The summed E-state index contributed by atoms with van der Waals surface area (Å²) in [7, 11) is 0. The van der Waals surface area contributed by atoms with Crippen molar-refractivity contribution >= 4 is 26.7 Å². The number of aromatic nitrogens is 5. The van der Waals surface area contributed by atoms with Gasteiger partial charge >= 0.3 is 0 Å². The molecule has 32 heavy (non-hydrogen) atoms. The second-order valence-electron chi connectivity index (χ2n) is 8.50. The molecule has 2 unspecified atom stereocenters. The molecule has 10 heteroatoms. The summed E-state index contributed by atoms with van der Waals surface area (Å²) < 4.78 is 9.09. The lowest BCUT2D eigenvalue weighted by molar-refractivity contribution is -0.00000815. The Morgan fingerprint density at radius 1 is 1.19 bits per heavy atom. The molecule has 0 aliphatic carbocycles. The highest BCUT2D eigenvalue weighted by Crippen LogP contribution is 2.31. The summed E-state index contributed by atoms with van der Waals surface area (Å²) in [5, 5.41) is 14.0. The third-order valence-electron chi connectivity index (χ3n) is 6.40. The first-order valence-electron chi connectivity index (χ1n) is 11.5. The van der Waals surface area contributed by atoms with Crippen LogP contribution in [0.3, 0.4) is 0 Å². The van der Waals surface area contributed by atoms with Gasteiger partial charge in [-0.15, -0.1) is 5.10 Å². The molecule has 2 saturated heterocycles. The molecule has 2 aliphatic rings. The van der Waals surface area contributed by atoms with Crippen LogP contribution in [0.25, 0.3) is 10.2 Å². The SMILES string of the molecule is CCCCC(c1nnnn1CC1CCCO1)N1CCN(c2nc3ccccc3s2)CC1.[Cl-]. The van der Waals surface area contributed by atoms with E-state index in [1.807, 2.05) is 4.68 Å². The van der Waals surface area contributed by atoms with Crippen LogP contribution >= 0.6 is 11.3 Å². The number of rotatable bonds is 8. The highest BCUT2D eigenvalue weighted by Gasteiger charge is 2.30. The quantitative estimate of drug-likeness (QED) is 0.469. The fourth-order valence-electron chi connectivity index (χ4n) is 4.65. The van der Waals surface area contributed by atoms with E-state index in [4.69, 9.17) is 9.72 Å². The Labute approximate surface area is 199 Å². The first-order chi connectivity index (χ1) is 15.3. The number of piperazine rings is 1. The van der Waals surface area contributed by atoms with Gasteiger partial charge in [-0.25, -0.2) is 9.67 Å². The topological polar surface area (TPSA) is 72.2 Å². The molecule has 0 amide bonds. The molecule has 0 bridgehead atoms. The first kappa shape index (κ1) is 23.4. The van der Waals surface area contributed by atoms with Gasteiger partial charge < -0.3 is 22.0 Å². The Hall–Kier alpha value is -1.81. The summed E-state index contributed by atoms with van der Waals surface area (Å²) in [5.41, 5.74) is 1.10. The number of fused-ring (bicyclic) bond motifs is 1. The van der Waals surface area contributed by atoms with Crippen molar-refractivity contribution in [3.05, 3.63) is 30.1 Å². The van der Waals surface area contributed by atoms with E-state index in [1.165, 1.54) is 17.5 Å². The third-order valence-corrected chi connectivity index (χ3v) is 7.49. The number of anilines is 1. The maximum Gasteiger partial charge on any atom is 0.186 e. The zero-order valence-corrected chi connectivity index (χ0v) is 20.1. The number of hydrogen-bond donors (Lipinski definition) is 0. The molecule has 0 radical (unpaired) electrons. The monoisotopic (exact) mass is 476 g/mol. The summed E-state index contributed by atoms with van der Waals surface area (Å²) in [6.45, 7) is 7.82. The molecule has 0 spiro atoms. The van der Waals surface area contributed by atoms with Gasteiger partial charge in [0.25, 0.3) is 0 Å². The maximum atomic E-state index is 5.83. The second kappa shape index (κ2) is 10.9. The van der Waals surface area contributed by atoms with Crippen molar-refractivity contribution in [1.29, 1.82) is 0 Å². The van der Waals surface area contributed by atoms with Crippen LogP contribution < -0.4 is 17.3 Å². The Balaban J connectivity index is 0.00000245. The third kappa shape index (κ3) is 5.06. The fraction of sp³-hybridized carbons (Fsp3) is 0.636. The van der Waals surface area contributed by atoms with Crippen molar-refractivity contribution in [2.75, 3.05) is 37.7 Å². The first-order valence-corrected chi connectivity index (χ1v) is 12.4. The maximum absolute atomic E-state index is 5.83. The zero-order chi connectivity index (χ0) is 21.0. The van der Waals surface area contributed by atoms with E-state index in [2.05, 4.69) is 56.5 Å². The standard InChI is InChI=1S/C22H31N7OS.ClH/c1-2-3-9-19(21-24-25-26-29(21)16-17-7-6-15-30-17)27-11-13-28(14-12-27)22-23-18-8-4-5-10-20(18)31-22;/h4-5,8,10,17,19H,2-3,6-7,9,11-16H2,1H3;1H/p-1. The van der Waals surface area contributed by atoms with Crippen LogP contribution in [0.2, 0.25) is 0 Å². The molecule has 0 N–H and O–H groups in total. The van der Waals surface area contributed by atoms with Crippen LogP contribution in [0.1, 0.15) is 50.9 Å². The summed E-state index contributed by atoms with van der Waals surface area (Å²) in [5.74, 6) is 0.998. The van der Waals surface area contributed by atoms with E-state index >= 15 is 0 Å². The second-order valence-corrected chi connectivity index (χ2v) is 9.51. The van der Waals surface area contributed by atoms with E-state index in [9.17, 15) is 0 Å².